The van der Waals surface area contributed by atoms with Crippen LogP contribution >= 0.6 is 11.6 Å². The highest BCUT2D eigenvalue weighted by Gasteiger charge is 2.19. The van der Waals surface area contributed by atoms with Crippen LogP contribution < -0.4 is 0 Å². The van der Waals surface area contributed by atoms with Gasteiger partial charge in [0.05, 0.1) is 28.3 Å². The van der Waals surface area contributed by atoms with Gasteiger partial charge in [-0.3, -0.25) is 4.68 Å². The Hall–Kier alpha value is -1.62. The lowest BCUT2D eigenvalue weighted by atomic mass is 10.1. The van der Waals surface area contributed by atoms with Gasteiger partial charge in [0, 0.05) is 13.2 Å². The van der Waals surface area contributed by atoms with Gasteiger partial charge < -0.3 is 4.74 Å². The maximum atomic E-state index is 11.7. The SMILES string of the molecule is CCOC(=O)c1cnc2c(c(CC)nn2C)c1Cl. The molecule has 0 fully saturated rings. The smallest absolute Gasteiger partial charge is 0.341 e. The number of rotatable bonds is 3. The number of aromatic nitrogens is 3. The average Bonchev–Trinajstić information content (AvgIpc) is 2.68. The summed E-state index contributed by atoms with van der Waals surface area (Å²) in [5.41, 5.74) is 1.79. The number of hydrogen-bond acceptors (Lipinski definition) is 4. The van der Waals surface area contributed by atoms with Gasteiger partial charge in [-0.05, 0) is 13.3 Å². The molecule has 0 bridgehead atoms. The van der Waals surface area contributed by atoms with Crippen molar-refractivity contribution in [1.29, 1.82) is 0 Å². The summed E-state index contributed by atoms with van der Waals surface area (Å²) in [5, 5.41) is 5.43. The van der Waals surface area contributed by atoms with E-state index in [1.54, 1.807) is 18.7 Å². The fourth-order valence-corrected chi connectivity index (χ4v) is 2.18. The first kappa shape index (κ1) is 12.8. The molecule has 0 aromatic carbocycles. The van der Waals surface area contributed by atoms with Crippen LogP contribution in [-0.2, 0) is 18.2 Å². The highest BCUT2D eigenvalue weighted by molar-refractivity contribution is 6.38. The van der Waals surface area contributed by atoms with Gasteiger partial charge in [-0.15, -0.1) is 0 Å². The third kappa shape index (κ3) is 1.95. The van der Waals surface area contributed by atoms with Crippen LogP contribution in [0.2, 0.25) is 5.02 Å². The Morgan fingerprint density at radius 1 is 1.50 bits per heavy atom. The number of carbonyl (C=O) groups is 1. The molecule has 18 heavy (non-hydrogen) atoms. The van der Waals surface area contributed by atoms with Gasteiger partial charge in [-0.2, -0.15) is 5.10 Å². The second-order valence-corrected chi connectivity index (χ2v) is 4.21. The van der Waals surface area contributed by atoms with Gasteiger partial charge in [0.2, 0.25) is 0 Å². The van der Waals surface area contributed by atoms with E-state index in [0.717, 1.165) is 17.5 Å². The summed E-state index contributed by atoms with van der Waals surface area (Å²) in [6.45, 7) is 4.04. The number of hydrogen-bond donors (Lipinski definition) is 0. The molecule has 0 aliphatic rings. The molecule has 2 aromatic heterocycles. The average molecular weight is 268 g/mol. The first-order chi connectivity index (χ1) is 8.60. The van der Waals surface area contributed by atoms with Crippen LogP contribution in [0.4, 0.5) is 0 Å². The Balaban J connectivity index is 2.66. The number of aryl methyl sites for hydroxylation is 2. The monoisotopic (exact) mass is 267 g/mol. The van der Waals surface area contributed by atoms with E-state index in [9.17, 15) is 4.79 Å². The van der Waals surface area contributed by atoms with E-state index in [4.69, 9.17) is 16.3 Å². The van der Waals surface area contributed by atoms with Gasteiger partial charge >= 0.3 is 5.97 Å². The first-order valence-corrected chi connectivity index (χ1v) is 6.15. The lowest BCUT2D eigenvalue weighted by Crippen LogP contribution is -2.06. The third-order valence-electron chi connectivity index (χ3n) is 2.69. The third-order valence-corrected chi connectivity index (χ3v) is 3.08. The van der Waals surface area contributed by atoms with Gasteiger partial charge in [0.25, 0.3) is 0 Å². The Labute approximate surface area is 110 Å². The fourth-order valence-electron chi connectivity index (χ4n) is 1.86. The number of pyridine rings is 1. The number of ether oxygens (including phenoxy) is 1. The largest absolute Gasteiger partial charge is 0.462 e. The van der Waals surface area contributed by atoms with Crippen molar-refractivity contribution < 1.29 is 9.53 Å². The van der Waals surface area contributed by atoms with E-state index in [1.165, 1.54) is 6.20 Å². The normalized spacial score (nSPS) is 10.9. The van der Waals surface area contributed by atoms with Crippen LogP contribution in [-0.4, -0.2) is 27.3 Å². The van der Waals surface area contributed by atoms with Crippen molar-refractivity contribution in [2.75, 3.05) is 6.61 Å². The summed E-state index contributed by atoms with van der Waals surface area (Å²) >= 11 is 6.28. The Bertz CT molecular complexity index is 607. The molecule has 0 saturated heterocycles. The summed E-state index contributed by atoms with van der Waals surface area (Å²) in [4.78, 5) is 16.0. The molecule has 5 nitrogen and oxygen atoms in total. The lowest BCUT2D eigenvalue weighted by molar-refractivity contribution is 0.0526. The first-order valence-electron chi connectivity index (χ1n) is 5.77. The molecule has 0 N–H and O–H groups in total. The van der Waals surface area contributed by atoms with Crippen LogP contribution in [0.1, 0.15) is 29.9 Å². The van der Waals surface area contributed by atoms with Crippen LogP contribution in [0.25, 0.3) is 11.0 Å². The van der Waals surface area contributed by atoms with Gasteiger partial charge in [-0.1, -0.05) is 18.5 Å². The molecule has 96 valence electrons. The van der Waals surface area contributed by atoms with Crippen molar-refractivity contribution in [1.82, 2.24) is 14.8 Å². The van der Waals surface area contributed by atoms with Crippen molar-refractivity contribution in [3.8, 4) is 0 Å². The number of halogens is 1. The van der Waals surface area contributed by atoms with Crippen molar-refractivity contribution in [3.63, 3.8) is 0 Å². The number of nitrogens with zero attached hydrogens (tertiary/aromatic N) is 3. The van der Waals surface area contributed by atoms with Crippen LogP contribution in [0, 0.1) is 0 Å². The van der Waals surface area contributed by atoms with Crippen molar-refractivity contribution in [2.24, 2.45) is 7.05 Å². The van der Waals surface area contributed by atoms with Gasteiger partial charge in [-0.25, -0.2) is 9.78 Å². The van der Waals surface area contributed by atoms with E-state index in [-0.39, 0.29) is 5.56 Å². The predicted molar refractivity (Wildman–Crippen MR) is 68.9 cm³/mol. The Morgan fingerprint density at radius 3 is 2.83 bits per heavy atom. The highest BCUT2D eigenvalue weighted by atomic mass is 35.5. The number of carbonyl (C=O) groups excluding carboxylic acids is 1. The minimum Gasteiger partial charge on any atom is -0.462 e. The summed E-state index contributed by atoms with van der Waals surface area (Å²) < 4.78 is 6.61. The standard InChI is InChI=1S/C12H14ClN3O2/c1-4-8-9-10(13)7(12(17)18-5-2)6-14-11(9)16(3)15-8/h6H,4-5H2,1-3H3. The molecular weight excluding hydrogens is 254 g/mol. The summed E-state index contributed by atoms with van der Waals surface area (Å²) in [6, 6.07) is 0. The molecule has 0 saturated carbocycles. The van der Waals surface area contributed by atoms with E-state index in [1.807, 2.05) is 6.92 Å². The Morgan fingerprint density at radius 2 is 2.22 bits per heavy atom. The fraction of sp³-hybridized carbons (Fsp3) is 0.417. The van der Waals surface area contributed by atoms with Gasteiger partial charge in [0.15, 0.2) is 5.65 Å². The number of fused-ring (bicyclic) bond motifs is 1. The molecule has 0 aliphatic heterocycles. The molecular formula is C12H14ClN3O2. The number of esters is 1. The molecule has 2 aromatic rings. The molecule has 2 heterocycles. The van der Waals surface area contributed by atoms with Crippen LogP contribution in [0.5, 0.6) is 0 Å². The van der Waals surface area contributed by atoms with Crippen molar-refractivity contribution in [2.45, 2.75) is 20.3 Å². The summed E-state index contributed by atoms with van der Waals surface area (Å²) in [6.07, 6.45) is 2.16. The van der Waals surface area contributed by atoms with E-state index < -0.39 is 5.97 Å². The zero-order valence-corrected chi connectivity index (χ0v) is 11.3. The van der Waals surface area contributed by atoms with Crippen LogP contribution in [0.15, 0.2) is 6.20 Å². The summed E-state index contributed by atoms with van der Waals surface area (Å²) in [5.74, 6) is -0.456. The summed E-state index contributed by atoms with van der Waals surface area (Å²) in [7, 11) is 1.80. The lowest BCUT2D eigenvalue weighted by Gasteiger charge is -2.05. The van der Waals surface area contributed by atoms with Crippen molar-refractivity contribution in [3.05, 3.63) is 22.5 Å². The van der Waals surface area contributed by atoms with E-state index in [0.29, 0.717) is 17.3 Å². The molecule has 0 radical (unpaired) electrons. The molecule has 0 atom stereocenters. The maximum absolute atomic E-state index is 11.7. The minimum absolute atomic E-state index is 0.286. The second kappa shape index (κ2) is 4.94. The second-order valence-electron chi connectivity index (χ2n) is 3.83. The van der Waals surface area contributed by atoms with E-state index >= 15 is 0 Å². The van der Waals surface area contributed by atoms with E-state index in [2.05, 4.69) is 10.1 Å². The maximum Gasteiger partial charge on any atom is 0.341 e. The van der Waals surface area contributed by atoms with Crippen LogP contribution in [0.3, 0.4) is 0 Å². The molecule has 6 heteroatoms. The molecule has 0 amide bonds. The van der Waals surface area contributed by atoms with Crippen molar-refractivity contribution >= 4 is 28.6 Å². The van der Waals surface area contributed by atoms with Gasteiger partial charge in [0.1, 0.15) is 0 Å². The minimum atomic E-state index is -0.456. The zero-order chi connectivity index (χ0) is 13.3. The molecule has 0 aliphatic carbocycles. The molecule has 2 rings (SSSR count). The molecule has 0 unspecified atom stereocenters. The molecule has 0 spiro atoms. The Kier molecular flexibility index (Phi) is 3.52. The quantitative estimate of drug-likeness (QED) is 0.801. The predicted octanol–water partition coefficient (Wildman–Crippen LogP) is 2.36. The zero-order valence-electron chi connectivity index (χ0n) is 10.5. The topological polar surface area (TPSA) is 57.0 Å². The highest BCUT2D eigenvalue weighted by Crippen LogP contribution is 2.29.